The van der Waals surface area contributed by atoms with E-state index in [1.807, 2.05) is 0 Å². The van der Waals surface area contributed by atoms with Crippen LogP contribution in [0.5, 0.6) is 0 Å². The van der Waals surface area contributed by atoms with Gasteiger partial charge in [0.05, 0.1) is 5.02 Å². The number of hydrogen-bond donors (Lipinski definition) is 1. The van der Waals surface area contributed by atoms with E-state index in [4.69, 9.17) is 27.9 Å². The molecule has 0 aliphatic carbocycles. The number of H-pyrrole nitrogens is 1. The maximum absolute atomic E-state index is 11.8. The van der Waals surface area contributed by atoms with E-state index in [1.165, 1.54) is 30.9 Å². The number of ether oxygens (including phenoxy) is 1. The summed E-state index contributed by atoms with van der Waals surface area (Å²) in [7, 11) is 0. The van der Waals surface area contributed by atoms with Gasteiger partial charge in [-0.2, -0.15) is 0 Å². The SMILES string of the molecule is CC(=O)c1c[nH]c(C(=O)OCCSc2cc(Cl)ccc2Cl)c1. The van der Waals surface area contributed by atoms with Crippen LogP contribution >= 0.6 is 35.0 Å². The number of ketones is 1. The van der Waals surface area contributed by atoms with Crippen LogP contribution in [-0.4, -0.2) is 29.1 Å². The molecule has 0 aliphatic heterocycles. The summed E-state index contributed by atoms with van der Waals surface area (Å²) >= 11 is 13.4. The van der Waals surface area contributed by atoms with Crippen LogP contribution < -0.4 is 0 Å². The molecule has 0 bridgehead atoms. The fourth-order valence-corrected chi connectivity index (χ4v) is 2.99. The molecule has 7 heteroatoms. The number of aromatic nitrogens is 1. The lowest BCUT2D eigenvalue weighted by Crippen LogP contribution is -2.08. The number of benzene rings is 1. The quantitative estimate of drug-likeness (QED) is 0.358. The highest BCUT2D eigenvalue weighted by molar-refractivity contribution is 7.99. The Morgan fingerprint density at radius 2 is 2.05 bits per heavy atom. The lowest BCUT2D eigenvalue weighted by atomic mass is 10.2. The smallest absolute Gasteiger partial charge is 0.354 e. The molecule has 0 unspecified atom stereocenters. The molecule has 1 aromatic heterocycles. The van der Waals surface area contributed by atoms with E-state index >= 15 is 0 Å². The van der Waals surface area contributed by atoms with Crippen molar-refractivity contribution in [3.63, 3.8) is 0 Å². The Balaban J connectivity index is 1.81. The third-order valence-electron chi connectivity index (χ3n) is 2.78. The molecule has 2 rings (SSSR count). The molecule has 0 fully saturated rings. The summed E-state index contributed by atoms with van der Waals surface area (Å²) in [5, 5.41) is 1.21. The summed E-state index contributed by atoms with van der Waals surface area (Å²) < 4.78 is 5.13. The normalized spacial score (nSPS) is 10.5. The molecule has 0 spiro atoms. The number of thioether (sulfide) groups is 1. The minimum Gasteiger partial charge on any atom is -0.460 e. The summed E-state index contributed by atoms with van der Waals surface area (Å²) in [6, 6.07) is 6.68. The van der Waals surface area contributed by atoms with Gasteiger partial charge in [0.2, 0.25) is 0 Å². The van der Waals surface area contributed by atoms with Crippen molar-refractivity contribution in [3.8, 4) is 0 Å². The van der Waals surface area contributed by atoms with Gasteiger partial charge in [0.1, 0.15) is 12.3 Å². The van der Waals surface area contributed by atoms with Crippen LogP contribution in [0.15, 0.2) is 35.4 Å². The highest BCUT2D eigenvalue weighted by Gasteiger charge is 2.12. The van der Waals surface area contributed by atoms with Gasteiger partial charge in [0.25, 0.3) is 0 Å². The number of carbonyl (C=O) groups excluding carboxylic acids is 2. The van der Waals surface area contributed by atoms with Gasteiger partial charge in [-0.3, -0.25) is 4.79 Å². The van der Waals surface area contributed by atoms with Gasteiger partial charge in [-0.15, -0.1) is 11.8 Å². The Hall–Kier alpha value is -1.43. The molecule has 2 aromatic rings. The van der Waals surface area contributed by atoms with Gasteiger partial charge in [-0.05, 0) is 31.2 Å². The summed E-state index contributed by atoms with van der Waals surface area (Å²) in [5.41, 5.74) is 0.711. The average molecular weight is 358 g/mol. The second kappa shape index (κ2) is 7.72. The second-order valence-corrected chi connectivity index (χ2v) is 6.40. The molecule has 4 nitrogen and oxygen atoms in total. The van der Waals surface area contributed by atoms with E-state index in [0.717, 1.165) is 4.90 Å². The molecule has 0 amide bonds. The number of carbonyl (C=O) groups is 2. The Kier molecular flexibility index (Phi) is 5.94. The van der Waals surface area contributed by atoms with Crippen molar-refractivity contribution in [3.05, 3.63) is 51.8 Å². The topological polar surface area (TPSA) is 59.2 Å². The summed E-state index contributed by atoms with van der Waals surface area (Å²) in [4.78, 5) is 26.5. The zero-order valence-electron chi connectivity index (χ0n) is 11.7. The summed E-state index contributed by atoms with van der Waals surface area (Å²) in [6.07, 6.45) is 1.49. The lowest BCUT2D eigenvalue weighted by Gasteiger charge is -2.05. The van der Waals surface area contributed by atoms with Crippen LogP contribution in [0, 0.1) is 0 Å². The van der Waals surface area contributed by atoms with Gasteiger partial charge in [-0.1, -0.05) is 23.2 Å². The number of halogens is 2. The Bertz CT molecular complexity index is 700. The van der Waals surface area contributed by atoms with Crippen molar-refractivity contribution in [1.29, 1.82) is 0 Å². The number of Topliss-reactive ketones (excluding diaryl/α,β-unsaturated/α-hetero) is 1. The predicted octanol–water partition coefficient (Wildman–Crippen LogP) is 4.47. The van der Waals surface area contributed by atoms with E-state index in [9.17, 15) is 9.59 Å². The molecular weight excluding hydrogens is 345 g/mol. The summed E-state index contributed by atoms with van der Waals surface area (Å²) in [5.74, 6) is -0.0572. The maximum Gasteiger partial charge on any atom is 0.354 e. The first-order chi connectivity index (χ1) is 10.5. The predicted molar refractivity (Wildman–Crippen MR) is 88.3 cm³/mol. The standard InChI is InChI=1S/C15H13Cl2NO3S/c1-9(19)10-6-13(18-8-10)15(20)21-4-5-22-14-7-11(16)2-3-12(14)17/h2-3,6-8,18H,4-5H2,1H3. The van der Waals surface area contributed by atoms with Crippen molar-refractivity contribution in [2.75, 3.05) is 12.4 Å². The molecule has 1 heterocycles. The van der Waals surface area contributed by atoms with E-state index in [0.29, 0.717) is 21.4 Å². The van der Waals surface area contributed by atoms with Crippen LogP contribution in [0.2, 0.25) is 10.0 Å². The molecule has 0 radical (unpaired) electrons. The van der Waals surface area contributed by atoms with E-state index in [2.05, 4.69) is 4.98 Å². The zero-order valence-corrected chi connectivity index (χ0v) is 14.0. The molecule has 0 aliphatic rings. The zero-order chi connectivity index (χ0) is 16.1. The Labute approximate surface area is 142 Å². The van der Waals surface area contributed by atoms with Gasteiger partial charge >= 0.3 is 5.97 Å². The average Bonchev–Trinajstić information content (AvgIpc) is 2.97. The third-order valence-corrected chi connectivity index (χ3v) is 4.47. The van der Waals surface area contributed by atoms with Gasteiger partial charge in [0.15, 0.2) is 5.78 Å². The van der Waals surface area contributed by atoms with E-state index < -0.39 is 5.97 Å². The second-order valence-electron chi connectivity index (χ2n) is 4.42. The highest BCUT2D eigenvalue weighted by atomic mass is 35.5. The number of rotatable bonds is 6. The van der Waals surface area contributed by atoms with Crippen LogP contribution in [0.3, 0.4) is 0 Å². The monoisotopic (exact) mass is 357 g/mol. The van der Waals surface area contributed by atoms with Crippen molar-refractivity contribution in [2.24, 2.45) is 0 Å². The first kappa shape index (κ1) is 16.9. The van der Waals surface area contributed by atoms with Crippen LogP contribution in [0.25, 0.3) is 0 Å². The van der Waals surface area contributed by atoms with E-state index in [-0.39, 0.29) is 18.1 Å². The van der Waals surface area contributed by atoms with Crippen LogP contribution in [0.1, 0.15) is 27.8 Å². The van der Waals surface area contributed by atoms with Crippen molar-refractivity contribution in [1.82, 2.24) is 4.98 Å². The van der Waals surface area contributed by atoms with Gasteiger partial charge < -0.3 is 9.72 Å². The van der Waals surface area contributed by atoms with Crippen LogP contribution in [0.4, 0.5) is 0 Å². The highest BCUT2D eigenvalue weighted by Crippen LogP contribution is 2.29. The Morgan fingerprint density at radius 3 is 2.73 bits per heavy atom. The molecule has 116 valence electrons. The fraction of sp³-hybridized carbons (Fsp3) is 0.200. The van der Waals surface area contributed by atoms with Crippen molar-refractivity contribution in [2.45, 2.75) is 11.8 Å². The summed E-state index contributed by atoms with van der Waals surface area (Å²) in [6.45, 7) is 1.66. The van der Waals surface area contributed by atoms with Gasteiger partial charge in [0, 0.05) is 27.4 Å². The first-order valence-corrected chi connectivity index (χ1v) is 8.16. The van der Waals surface area contributed by atoms with Crippen molar-refractivity contribution < 1.29 is 14.3 Å². The number of hydrogen-bond acceptors (Lipinski definition) is 4. The molecule has 0 saturated heterocycles. The minimum absolute atomic E-state index is 0.110. The Morgan fingerprint density at radius 1 is 1.27 bits per heavy atom. The fourth-order valence-electron chi connectivity index (χ4n) is 1.67. The number of nitrogens with one attached hydrogen (secondary N) is 1. The number of esters is 1. The molecule has 0 atom stereocenters. The molecule has 0 saturated carbocycles. The molecule has 1 N–H and O–H groups in total. The first-order valence-electron chi connectivity index (χ1n) is 6.41. The van der Waals surface area contributed by atoms with E-state index in [1.54, 1.807) is 18.2 Å². The van der Waals surface area contributed by atoms with Crippen LogP contribution in [-0.2, 0) is 4.74 Å². The molecular formula is C15H13Cl2NO3S. The molecule has 22 heavy (non-hydrogen) atoms. The maximum atomic E-state index is 11.8. The number of aromatic amines is 1. The third kappa shape index (κ3) is 4.53. The lowest BCUT2D eigenvalue weighted by molar-refractivity contribution is 0.0524. The van der Waals surface area contributed by atoms with Crippen molar-refractivity contribution >= 4 is 46.7 Å². The van der Waals surface area contributed by atoms with Gasteiger partial charge in [-0.25, -0.2) is 4.79 Å². The minimum atomic E-state index is -0.495. The largest absolute Gasteiger partial charge is 0.460 e. The molecule has 1 aromatic carbocycles.